The van der Waals surface area contributed by atoms with Crippen LogP contribution >= 0.6 is 0 Å². The monoisotopic (exact) mass is 451 g/mol. The molecule has 0 saturated heterocycles. The molecular weight excluding hydrogens is 430 g/mol. The van der Waals surface area contributed by atoms with Crippen molar-refractivity contribution in [3.05, 3.63) is 75.7 Å². The molecule has 0 unspecified atom stereocenters. The number of phenols is 1. The molecular formula is C24H21NO8. The number of ketones is 2. The normalized spacial score (nSPS) is 13.8. The van der Waals surface area contributed by atoms with Crippen molar-refractivity contribution in [2.24, 2.45) is 0 Å². The number of rotatable bonds is 6. The fourth-order valence-electron chi connectivity index (χ4n) is 3.48. The second-order valence-corrected chi connectivity index (χ2v) is 7.25. The summed E-state index contributed by atoms with van der Waals surface area (Å²) in [7, 11) is 2.50. The van der Waals surface area contributed by atoms with Crippen LogP contribution < -0.4 is 5.32 Å². The summed E-state index contributed by atoms with van der Waals surface area (Å²) < 4.78 is 10.1. The number of benzene rings is 2. The summed E-state index contributed by atoms with van der Waals surface area (Å²) in [6.45, 7) is 3.02. The number of allylic oxidation sites excluding steroid dienone is 2. The highest BCUT2D eigenvalue weighted by Crippen LogP contribution is 2.35. The molecule has 3 N–H and O–H groups in total. The minimum Gasteiger partial charge on any atom is -0.507 e. The molecule has 33 heavy (non-hydrogen) atoms. The number of methoxy groups -OCH3 is 2. The van der Waals surface area contributed by atoms with Gasteiger partial charge in [-0.2, -0.15) is 0 Å². The first kappa shape index (κ1) is 23.3. The van der Waals surface area contributed by atoms with Gasteiger partial charge >= 0.3 is 5.97 Å². The zero-order chi connectivity index (χ0) is 24.4. The number of carbonyl (C=O) groups is 4. The molecule has 0 saturated carbocycles. The quantitative estimate of drug-likeness (QED) is 0.570. The molecule has 1 aliphatic rings. The predicted molar refractivity (Wildman–Crippen MR) is 118 cm³/mol. The van der Waals surface area contributed by atoms with E-state index < -0.39 is 23.4 Å². The number of anilines is 1. The highest BCUT2D eigenvalue weighted by molar-refractivity contribution is 6.38. The maximum atomic E-state index is 13.1. The number of carboxylic acid groups (broad SMARTS) is 1. The first-order chi connectivity index (χ1) is 15.6. The van der Waals surface area contributed by atoms with E-state index in [1.54, 1.807) is 6.92 Å². The van der Waals surface area contributed by atoms with E-state index in [2.05, 4.69) is 5.32 Å². The average Bonchev–Trinajstić information content (AvgIpc) is 2.78. The van der Waals surface area contributed by atoms with Gasteiger partial charge in [-0.25, -0.2) is 4.79 Å². The number of Topliss-reactive ketones (excluding diaryl/α,β-unsaturated/α-hetero) is 2. The van der Waals surface area contributed by atoms with E-state index in [9.17, 15) is 24.3 Å². The Labute approximate surface area is 188 Å². The van der Waals surface area contributed by atoms with Crippen LogP contribution in [0.3, 0.4) is 0 Å². The Morgan fingerprint density at radius 2 is 1.48 bits per heavy atom. The van der Waals surface area contributed by atoms with Gasteiger partial charge in [0.05, 0.1) is 25.3 Å². The van der Waals surface area contributed by atoms with Crippen molar-refractivity contribution < 1.29 is 38.9 Å². The third kappa shape index (κ3) is 4.20. The van der Waals surface area contributed by atoms with Gasteiger partial charge in [-0.3, -0.25) is 14.4 Å². The van der Waals surface area contributed by atoms with Crippen LogP contribution in [-0.2, 0) is 19.1 Å². The maximum Gasteiger partial charge on any atom is 0.335 e. The molecule has 1 amide bonds. The smallest absolute Gasteiger partial charge is 0.335 e. The van der Waals surface area contributed by atoms with Gasteiger partial charge in [0.1, 0.15) is 5.75 Å². The Morgan fingerprint density at radius 3 is 2.03 bits per heavy atom. The number of aromatic hydroxyl groups is 1. The Morgan fingerprint density at radius 1 is 0.909 bits per heavy atom. The molecule has 9 nitrogen and oxygen atoms in total. The van der Waals surface area contributed by atoms with Crippen molar-refractivity contribution in [1.82, 2.24) is 0 Å². The van der Waals surface area contributed by atoms with Gasteiger partial charge in [-0.05, 0) is 61.4 Å². The molecule has 3 rings (SSSR count). The summed E-state index contributed by atoms with van der Waals surface area (Å²) in [5, 5.41) is 22.1. The van der Waals surface area contributed by atoms with Crippen LogP contribution in [0.1, 0.15) is 38.8 Å². The summed E-state index contributed by atoms with van der Waals surface area (Å²) in [5.41, 5.74) is 0.916. The summed E-state index contributed by atoms with van der Waals surface area (Å²) in [4.78, 5) is 49.6. The third-order valence-electron chi connectivity index (χ3n) is 5.19. The lowest BCUT2D eigenvalue weighted by molar-refractivity contribution is -0.119. The lowest BCUT2D eigenvalue weighted by Gasteiger charge is -2.21. The number of hydrogen-bond acceptors (Lipinski definition) is 7. The number of carbonyl (C=O) groups excluding carboxylic acids is 3. The molecule has 0 spiro atoms. The van der Waals surface area contributed by atoms with Crippen LogP contribution in [0.4, 0.5) is 5.69 Å². The zero-order valence-corrected chi connectivity index (χ0v) is 18.3. The lowest BCUT2D eigenvalue weighted by Crippen LogP contribution is -2.24. The van der Waals surface area contributed by atoms with E-state index >= 15 is 0 Å². The maximum absolute atomic E-state index is 13.1. The molecule has 0 atom stereocenters. The molecule has 170 valence electrons. The van der Waals surface area contributed by atoms with Crippen LogP contribution in [0.15, 0.2) is 53.5 Å². The Balaban J connectivity index is 2.03. The highest BCUT2D eigenvalue weighted by atomic mass is 16.5. The van der Waals surface area contributed by atoms with Gasteiger partial charge in [0, 0.05) is 16.8 Å². The first-order valence-electron chi connectivity index (χ1n) is 9.71. The van der Waals surface area contributed by atoms with Crippen LogP contribution in [-0.4, -0.2) is 47.9 Å². The fraction of sp³-hybridized carbons (Fsp3) is 0.167. The highest BCUT2D eigenvalue weighted by Gasteiger charge is 2.36. The first-order valence-corrected chi connectivity index (χ1v) is 9.71. The van der Waals surface area contributed by atoms with Crippen LogP contribution in [0.5, 0.6) is 5.75 Å². The van der Waals surface area contributed by atoms with Gasteiger partial charge in [-0.1, -0.05) is 0 Å². The van der Waals surface area contributed by atoms with Gasteiger partial charge in [0.2, 0.25) is 23.1 Å². The van der Waals surface area contributed by atoms with Crippen molar-refractivity contribution >= 4 is 34.7 Å². The topological polar surface area (TPSA) is 139 Å². The lowest BCUT2D eigenvalue weighted by atomic mass is 9.86. The average molecular weight is 451 g/mol. The van der Waals surface area contributed by atoms with Gasteiger partial charge < -0.3 is 25.0 Å². The van der Waals surface area contributed by atoms with Crippen LogP contribution in [0, 0.1) is 6.92 Å². The summed E-state index contributed by atoms with van der Waals surface area (Å²) in [5.74, 6) is -3.67. The van der Waals surface area contributed by atoms with E-state index in [4.69, 9.17) is 14.6 Å². The van der Waals surface area contributed by atoms with Crippen molar-refractivity contribution in [2.75, 3.05) is 19.5 Å². The number of aryl methyl sites for hydroxylation is 1. The van der Waals surface area contributed by atoms with Crippen LogP contribution in [0.2, 0.25) is 0 Å². The number of aromatic carboxylic acids is 1. The van der Waals surface area contributed by atoms with Gasteiger partial charge in [0.15, 0.2) is 0 Å². The molecule has 1 aliphatic carbocycles. The Kier molecular flexibility index (Phi) is 6.34. The predicted octanol–water partition coefficient (Wildman–Crippen LogP) is 3.08. The van der Waals surface area contributed by atoms with Crippen molar-refractivity contribution in [1.29, 1.82) is 0 Å². The van der Waals surface area contributed by atoms with Crippen LogP contribution in [0.25, 0.3) is 5.57 Å². The van der Waals surface area contributed by atoms with E-state index in [0.717, 1.165) is 0 Å². The molecule has 0 aromatic heterocycles. The largest absolute Gasteiger partial charge is 0.507 e. The standard InChI is InChI=1S/C24H21NO8/c1-11-9-14(17-12(2)19(27)21(32-3)22(33-4)20(17)28)10-16(18(11)26)23(29)25-15-7-5-13(6-8-15)24(30)31/h5-10,26H,1-4H3,(H,25,29)(H,30,31). The number of ether oxygens (including phenoxy) is 2. The minimum absolute atomic E-state index is 0.0283. The van der Waals surface area contributed by atoms with E-state index in [-0.39, 0.29) is 45.1 Å². The molecule has 0 radical (unpaired) electrons. The summed E-state index contributed by atoms with van der Waals surface area (Å²) in [6, 6.07) is 8.26. The molecule has 0 heterocycles. The second kappa shape index (κ2) is 8.99. The number of carboxylic acids is 1. The van der Waals surface area contributed by atoms with E-state index in [1.165, 1.54) is 57.5 Å². The summed E-state index contributed by atoms with van der Waals surface area (Å²) in [6.07, 6.45) is 0. The Hall–Kier alpha value is -4.40. The van der Waals surface area contributed by atoms with Crippen molar-refractivity contribution in [3.8, 4) is 5.75 Å². The minimum atomic E-state index is -1.11. The molecule has 2 aromatic rings. The number of hydrogen-bond donors (Lipinski definition) is 3. The molecule has 0 fully saturated rings. The fourth-order valence-corrected chi connectivity index (χ4v) is 3.48. The van der Waals surface area contributed by atoms with E-state index in [1.807, 2.05) is 0 Å². The number of phenolic OH excluding ortho intramolecular Hbond substituents is 1. The van der Waals surface area contributed by atoms with Gasteiger partial charge in [-0.15, -0.1) is 0 Å². The van der Waals surface area contributed by atoms with Crippen molar-refractivity contribution in [3.63, 3.8) is 0 Å². The number of nitrogens with one attached hydrogen (secondary N) is 1. The summed E-state index contributed by atoms with van der Waals surface area (Å²) >= 11 is 0. The van der Waals surface area contributed by atoms with Gasteiger partial charge in [0.25, 0.3) is 5.91 Å². The second-order valence-electron chi connectivity index (χ2n) is 7.25. The van der Waals surface area contributed by atoms with E-state index in [0.29, 0.717) is 11.3 Å². The van der Waals surface area contributed by atoms with Crippen molar-refractivity contribution in [2.45, 2.75) is 13.8 Å². The Bertz CT molecular complexity index is 1250. The molecule has 0 bridgehead atoms. The SMILES string of the molecule is COC1=C(OC)C(=O)C(c2cc(C)c(O)c(C(=O)Nc3ccc(C(=O)O)cc3)c2)=C(C)C1=O. The molecule has 2 aromatic carbocycles. The molecule has 0 aliphatic heterocycles. The third-order valence-corrected chi connectivity index (χ3v) is 5.19. The number of amides is 1. The molecule has 9 heteroatoms. The zero-order valence-electron chi connectivity index (χ0n) is 18.3.